The Hall–Kier alpha value is -2.66. The average Bonchev–Trinajstić information content (AvgIpc) is 2.72. The van der Waals surface area contributed by atoms with E-state index in [-0.39, 0.29) is 11.7 Å². The van der Waals surface area contributed by atoms with Crippen LogP contribution in [0.1, 0.15) is 35.4 Å². The molecule has 1 aliphatic rings. The molecule has 2 aromatic rings. The number of hydrogen-bond acceptors (Lipinski definition) is 4. The van der Waals surface area contributed by atoms with Gasteiger partial charge in [-0.05, 0) is 24.3 Å². The number of ketones is 1. The molecular weight excluding hydrogens is 330 g/mol. The van der Waals surface area contributed by atoms with Crippen LogP contribution in [0.25, 0.3) is 0 Å². The number of carbonyl (C=O) groups is 2. The maximum atomic E-state index is 13.0. The largest absolute Gasteiger partial charge is 0.476 e. The fourth-order valence-corrected chi connectivity index (χ4v) is 2.90. The average molecular weight is 353 g/mol. The predicted octanol–water partition coefficient (Wildman–Crippen LogP) is 3.26. The molecule has 1 heterocycles. The Morgan fingerprint density at radius 3 is 2.31 bits per heavy atom. The highest BCUT2D eigenvalue weighted by Crippen LogP contribution is 2.25. The first-order valence-electron chi connectivity index (χ1n) is 8.90. The summed E-state index contributed by atoms with van der Waals surface area (Å²) >= 11 is 0. The second kappa shape index (κ2) is 8.63. The lowest BCUT2D eigenvalue weighted by Gasteiger charge is -2.30. The van der Waals surface area contributed by atoms with Gasteiger partial charge in [0.1, 0.15) is 5.75 Å². The van der Waals surface area contributed by atoms with Crippen molar-refractivity contribution >= 4 is 11.7 Å². The predicted molar refractivity (Wildman–Crippen MR) is 98.3 cm³/mol. The molecule has 1 fully saturated rings. The number of ether oxygens (including phenoxy) is 2. The van der Waals surface area contributed by atoms with E-state index < -0.39 is 6.10 Å². The molecular formula is C21H23NO4. The number of amides is 1. The summed E-state index contributed by atoms with van der Waals surface area (Å²) in [6.45, 7) is 4.05. The molecule has 0 aliphatic carbocycles. The van der Waals surface area contributed by atoms with Crippen LogP contribution in [0.4, 0.5) is 0 Å². The monoisotopic (exact) mass is 353 g/mol. The lowest BCUT2D eigenvalue weighted by Crippen LogP contribution is -2.44. The van der Waals surface area contributed by atoms with Crippen LogP contribution >= 0.6 is 0 Å². The van der Waals surface area contributed by atoms with Crippen molar-refractivity contribution in [1.82, 2.24) is 4.90 Å². The zero-order valence-electron chi connectivity index (χ0n) is 14.9. The Labute approximate surface area is 153 Å². The topological polar surface area (TPSA) is 55.8 Å². The summed E-state index contributed by atoms with van der Waals surface area (Å²) in [7, 11) is 0. The maximum Gasteiger partial charge on any atom is 0.268 e. The fraction of sp³-hybridized carbons (Fsp3) is 0.333. The van der Waals surface area contributed by atoms with Crippen molar-refractivity contribution < 1.29 is 19.1 Å². The standard InChI is InChI=1S/C21H23NO4/c1-2-19(23)16-8-10-18(11-9-16)26-20(17-6-4-3-5-7-17)21(24)22-12-14-25-15-13-22/h3-11,20H,2,12-15H2,1H3/t20-/m1/s1. The second-order valence-corrected chi connectivity index (χ2v) is 6.15. The molecule has 26 heavy (non-hydrogen) atoms. The van der Waals surface area contributed by atoms with E-state index in [0.717, 1.165) is 5.56 Å². The minimum Gasteiger partial charge on any atom is -0.476 e. The third kappa shape index (κ3) is 4.29. The highest BCUT2D eigenvalue weighted by molar-refractivity contribution is 5.95. The van der Waals surface area contributed by atoms with Crippen molar-refractivity contribution in [3.05, 3.63) is 65.7 Å². The molecule has 5 heteroatoms. The minimum absolute atomic E-state index is 0.0757. The summed E-state index contributed by atoms with van der Waals surface area (Å²) in [5.41, 5.74) is 1.45. The van der Waals surface area contributed by atoms with Crippen LogP contribution in [0.15, 0.2) is 54.6 Å². The van der Waals surface area contributed by atoms with Gasteiger partial charge in [0, 0.05) is 30.6 Å². The van der Waals surface area contributed by atoms with E-state index in [1.807, 2.05) is 37.3 Å². The van der Waals surface area contributed by atoms with Crippen LogP contribution in [0, 0.1) is 0 Å². The summed E-state index contributed by atoms with van der Waals surface area (Å²) < 4.78 is 11.4. The summed E-state index contributed by atoms with van der Waals surface area (Å²) in [6, 6.07) is 16.4. The van der Waals surface area contributed by atoms with E-state index in [1.165, 1.54) is 0 Å². The van der Waals surface area contributed by atoms with Crippen LogP contribution in [-0.2, 0) is 9.53 Å². The number of morpholine rings is 1. The molecule has 1 aliphatic heterocycles. The molecule has 0 spiro atoms. The molecule has 0 radical (unpaired) electrons. The lowest BCUT2D eigenvalue weighted by molar-refractivity contribution is -0.143. The molecule has 1 atom stereocenters. The van der Waals surface area contributed by atoms with Crippen molar-refractivity contribution in [2.75, 3.05) is 26.3 Å². The third-order valence-corrected chi connectivity index (χ3v) is 4.40. The summed E-state index contributed by atoms with van der Waals surface area (Å²) in [4.78, 5) is 26.6. The lowest BCUT2D eigenvalue weighted by atomic mass is 10.1. The third-order valence-electron chi connectivity index (χ3n) is 4.40. The molecule has 3 rings (SSSR count). The number of hydrogen-bond donors (Lipinski definition) is 0. The highest BCUT2D eigenvalue weighted by Gasteiger charge is 2.29. The van der Waals surface area contributed by atoms with Gasteiger partial charge in [-0.3, -0.25) is 9.59 Å². The van der Waals surface area contributed by atoms with Gasteiger partial charge >= 0.3 is 0 Å². The smallest absolute Gasteiger partial charge is 0.268 e. The van der Waals surface area contributed by atoms with Gasteiger partial charge in [-0.25, -0.2) is 0 Å². The van der Waals surface area contributed by atoms with E-state index in [0.29, 0.717) is 44.0 Å². The van der Waals surface area contributed by atoms with E-state index >= 15 is 0 Å². The first-order valence-corrected chi connectivity index (χ1v) is 8.90. The van der Waals surface area contributed by atoms with E-state index in [2.05, 4.69) is 0 Å². The number of carbonyl (C=O) groups excluding carboxylic acids is 2. The Kier molecular flexibility index (Phi) is 6.02. The van der Waals surface area contributed by atoms with Crippen molar-refractivity contribution in [3.8, 4) is 5.75 Å². The summed E-state index contributed by atoms with van der Waals surface area (Å²) in [5.74, 6) is 0.571. The van der Waals surface area contributed by atoms with Gasteiger partial charge in [-0.15, -0.1) is 0 Å². The Bertz CT molecular complexity index is 736. The fourth-order valence-electron chi connectivity index (χ4n) is 2.90. The van der Waals surface area contributed by atoms with Crippen LogP contribution in [0.2, 0.25) is 0 Å². The molecule has 2 aromatic carbocycles. The molecule has 0 saturated carbocycles. The van der Waals surface area contributed by atoms with Crippen molar-refractivity contribution in [2.24, 2.45) is 0 Å². The quantitative estimate of drug-likeness (QED) is 0.748. The maximum absolute atomic E-state index is 13.0. The molecule has 0 N–H and O–H groups in total. The Morgan fingerprint density at radius 1 is 1.04 bits per heavy atom. The zero-order valence-corrected chi connectivity index (χ0v) is 14.9. The minimum atomic E-state index is -0.720. The molecule has 0 bridgehead atoms. The van der Waals surface area contributed by atoms with Crippen molar-refractivity contribution in [3.63, 3.8) is 0 Å². The van der Waals surface area contributed by atoms with E-state index in [1.54, 1.807) is 29.2 Å². The molecule has 1 amide bonds. The normalized spacial score (nSPS) is 15.3. The van der Waals surface area contributed by atoms with Crippen LogP contribution < -0.4 is 4.74 Å². The number of nitrogens with zero attached hydrogens (tertiary/aromatic N) is 1. The van der Waals surface area contributed by atoms with Gasteiger partial charge < -0.3 is 14.4 Å². The molecule has 5 nitrogen and oxygen atoms in total. The van der Waals surface area contributed by atoms with Crippen molar-refractivity contribution in [2.45, 2.75) is 19.4 Å². The van der Waals surface area contributed by atoms with Gasteiger partial charge in [0.2, 0.25) is 6.10 Å². The van der Waals surface area contributed by atoms with Gasteiger partial charge in [0.15, 0.2) is 5.78 Å². The number of Topliss-reactive ketones (excluding diaryl/α,β-unsaturated/α-hetero) is 1. The zero-order chi connectivity index (χ0) is 18.4. The highest BCUT2D eigenvalue weighted by atomic mass is 16.5. The number of benzene rings is 2. The SMILES string of the molecule is CCC(=O)c1ccc(O[C@@H](C(=O)N2CCOCC2)c2ccccc2)cc1. The molecule has 0 aromatic heterocycles. The van der Waals surface area contributed by atoms with Gasteiger partial charge in [-0.2, -0.15) is 0 Å². The Balaban J connectivity index is 1.81. The summed E-state index contributed by atoms with van der Waals surface area (Å²) in [6.07, 6.45) is -0.260. The van der Waals surface area contributed by atoms with E-state index in [4.69, 9.17) is 9.47 Å². The molecule has 0 unspecified atom stereocenters. The first kappa shape index (κ1) is 18.1. The van der Waals surface area contributed by atoms with Gasteiger partial charge in [0.05, 0.1) is 13.2 Å². The Morgan fingerprint density at radius 2 is 1.69 bits per heavy atom. The first-order chi connectivity index (χ1) is 12.7. The second-order valence-electron chi connectivity index (χ2n) is 6.15. The van der Waals surface area contributed by atoms with Gasteiger partial charge in [-0.1, -0.05) is 37.3 Å². The molecule has 136 valence electrons. The molecule has 1 saturated heterocycles. The van der Waals surface area contributed by atoms with Crippen LogP contribution in [0.5, 0.6) is 5.75 Å². The van der Waals surface area contributed by atoms with Crippen LogP contribution in [0.3, 0.4) is 0 Å². The van der Waals surface area contributed by atoms with E-state index in [9.17, 15) is 9.59 Å². The van der Waals surface area contributed by atoms with Gasteiger partial charge in [0.25, 0.3) is 5.91 Å². The van der Waals surface area contributed by atoms with Crippen LogP contribution in [-0.4, -0.2) is 42.9 Å². The number of rotatable bonds is 6. The summed E-state index contributed by atoms with van der Waals surface area (Å²) in [5, 5.41) is 0. The van der Waals surface area contributed by atoms with Crippen molar-refractivity contribution in [1.29, 1.82) is 0 Å².